The van der Waals surface area contributed by atoms with Crippen LogP contribution in [-0.2, 0) is 20.0 Å². The summed E-state index contributed by atoms with van der Waals surface area (Å²) in [6.07, 6.45) is 0. The zero-order chi connectivity index (χ0) is 24.7. The summed E-state index contributed by atoms with van der Waals surface area (Å²) < 4.78 is 55.1. The predicted molar refractivity (Wildman–Crippen MR) is 118 cm³/mol. The second kappa shape index (κ2) is 8.78. The van der Waals surface area contributed by atoms with E-state index in [9.17, 15) is 37.1 Å². The van der Waals surface area contributed by atoms with E-state index in [2.05, 4.69) is 0 Å². The van der Waals surface area contributed by atoms with Crippen LogP contribution in [0.15, 0.2) is 46.2 Å². The van der Waals surface area contributed by atoms with Crippen LogP contribution in [0.2, 0.25) is 0 Å². The Morgan fingerprint density at radius 3 is 1.70 bits per heavy atom. The molecule has 1 saturated heterocycles. The van der Waals surface area contributed by atoms with Gasteiger partial charge in [0.15, 0.2) is 0 Å². The lowest BCUT2D eigenvalue weighted by Gasteiger charge is -2.38. The molecule has 1 aliphatic rings. The van der Waals surface area contributed by atoms with E-state index in [-0.39, 0.29) is 51.9 Å². The number of rotatable bonds is 6. The number of benzene rings is 2. The van der Waals surface area contributed by atoms with E-state index in [1.165, 1.54) is 57.2 Å². The Labute approximate surface area is 190 Å². The highest BCUT2D eigenvalue weighted by atomic mass is 32.2. The fraction of sp³-hybridized carbons (Fsp3) is 0.368. The lowest BCUT2D eigenvalue weighted by Crippen LogP contribution is -2.55. The van der Waals surface area contributed by atoms with Crippen LogP contribution in [0.25, 0.3) is 0 Å². The van der Waals surface area contributed by atoms with Crippen LogP contribution in [0, 0.1) is 34.1 Å². The SMILES string of the molecule is Cc1c([N+](=O)[O-])cccc1S(=O)(=O)N1CCN(S(=O)(=O)c2cccc([N+](=O)[O-])c2C)C(C)C1. The van der Waals surface area contributed by atoms with Gasteiger partial charge in [-0.05, 0) is 32.9 Å². The molecule has 0 aliphatic carbocycles. The first-order chi connectivity index (χ1) is 15.3. The van der Waals surface area contributed by atoms with Gasteiger partial charge in [0.25, 0.3) is 11.4 Å². The largest absolute Gasteiger partial charge is 0.273 e. The molecule has 1 heterocycles. The van der Waals surface area contributed by atoms with Gasteiger partial charge < -0.3 is 0 Å². The average molecular weight is 499 g/mol. The van der Waals surface area contributed by atoms with Gasteiger partial charge in [-0.25, -0.2) is 16.8 Å². The predicted octanol–water partition coefficient (Wildman–Crippen LogP) is 2.20. The van der Waals surface area contributed by atoms with E-state index in [1.807, 2.05) is 0 Å². The van der Waals surface area contributed by atoms with Crippen LogP contribution in [-0.4, -0.2) is 61.0 Å². The zero-order valence-electron chi connectivity index (χ0n) is 18.0. The number of nitrogens with zero attached hydrogens (tertiary/aromatic N) is 4. The molecule has 0 radical (unpaired) electrons. The fourth-order valence-electron chi connectivity index (χ4n) is 3.91. The van der Waals surface area contributed by atoms with Gasteiger partial charge in [0.1, 0.15) is 0 Å². The van der Waals surface area contributed by atoms with Crippen molar-refractivity contribution in [2.24, 2.45) is 0 Å². The summed E-state index contributed by atoms with van der Waals surface area (Å²) in [6, 6.07) is 6.77. The molecule has 0 bridgehead atoms. The first-order valence-electron chi connectivity index (χ1n) is 9.80. The Morgan fingerprint density at radius 1 is 0.818 bits per heavy atom. The second-order valence-corrected chi connectivity index (χ2v) is 11.4. The molecule has 0 amide bonds. The Kier molecular flexibility index (Phi) is 6.57. The first kappa shape index (κ1) is 24.7. The maximum Gasteiger partial charge on any atom is 0.273 e. The normalized spacial score (nSPS) is 18.2. The smallest absolute Gasteiger partial charge is 0.258 e. The minimum atomic E-state index is -4.14. The van der Waals surface area contributed by atoms with Gasteiger partial charge in [-0.2, -0.15) is 8.61 Å². The van der Waals surface area contributed by atoms with Gasteiger partial charge in [-0.15, -0.1) is 0 Å². The van der Waals surface area contributed by atoms with Crippen LogP contribution >= 0.6 is 0 Å². The third kappa shape index (κ3) is 4.34. The van der Waals surface area contributed by atoms with E-state index in [1.54, 1.807) is 0 Å². The van der Waals surface area contributed by atoms with Gasteiger partial charge in [-0.1, -0.05) is 12.1 Å². The molecule has 1 unspecified atom stereocenters. The minimum absolute atomic E-state index is 0.00239. The molecular formula is C19H22N4O8S2. The topological polar surface area (TPSA) is 161 Å². The quantitative estimate of drug-likeness (QED) is 0.432. The summed E-state index contributed by atoms with van der Waals surface area (Å²) in [7, 11) is -8.26. The average Bonchev–Trinajstić information content (AvgIpc) is 2.73. The maximum atomic E-state index is 13.3. The molecule has 2 aromatic carbocycles. The maximum absolute atomic E-state index is 13.3. The zero-order valence-corrected chi connectivity index (χ0v) is 19.7. The van der Waals surface area contributed by atoms with E-state index < -0.39 is 35.9 Å². The molecule has 0 aromatic heterocycles. The summed E-state index contributed by atoms with van der Waals surface area (Å²) >= 11 is 0. The van der Waals surface area contributed by atoms with Crippen molar-refractivity contribution in [1.29, 1.82) is 0 Å². The molecule has 178 valence electrons. The van der Waals surface area contributed by atoms with E-state index in [4.69, 9.17) is 0 Å². The van der Waals surface area contributed by atoms with Crippen LogP contribution in [0.1, 0.15) is 18.1 Å². The molecule has 33 heavy (non-hydrogen) atoms. The Hall–Kier alpha value is -2.94. The van der Waals surface area contributed by atoms with Crippen LogP contribution in [0.5, 0.6) is 0 Å². The molecule has 1 aliphatic heterocycles. The van der Waals surface area contributed by atoms with Gasteiger partial charge in [0.2, 0.25) is 20.0 Å². The molecule has 2 aromatic rings. The highest BCUT2D eigenvalue weighted by Crippen LogP contribution is 2.32. The third-order valence-corrected chi connectivity index (χ3v) is 9.81. The Bertz CT molecular complexity index is 1340. The Morgan fingerprint density at radius 2 is 1.27 bits per heavy atom. The molecule has 12 nitrogen and oxygen atoms in total. The van der Waals surface area contributed by atoms with E-state index in [0.717, 1.165) is 8.61 Å². The van der Waals surface area contributed by atoms with Crippen LogP contribution in [0.3, 0.4) is 0 Å². The number of nitro benzene ring substituents is 2. The van der Waals surface area contributed by atoms with Crippen molar-refractivity contribution in [3.8, 4) is 0 Å². The molecule has 0 spiro atoms. The molecule has 0 saturated carbocycles. The van der Waals surface area contributed by atoms with Crippen molar-refractivity contribution < 1.29 is 26.7 Å². The molecule has 1 atom stereocenters. The summed E-state index contributed by atoms with van der Waals surface area (Å²) in [4.78, 5) is 20.6. The third-order valence-electron chi connectivity index (χ3n) is 5.64. The lowest BCUT2D eigenvalue weighted by atomic mass is 10.2. The lowest BCUT2D eigenvalue weighted by molar-refractivity contribution is -0.385. The van der Waals surface area contributed by atoms with E-state index >= 15 is 0 Å². The van der Waals surface area contributed by atoms with Crippen molar-refractivity contribution >= 4 is 31.4 Å². The highest BCUT2D eigenvalue weighted by molar-refractivity contribution is 7.89. The van der Waals surface area contributed by atoms with Gasteiger partial charge in [0.05, 0.1) is 19.6 Å². The van der Waals surface area contributed by atoms with Gasteiger partial charge in [0, 0.05) is 48.9 Å². The van der Waals surface area contributed by atoms with Crippen molar-refractivity contribution in [1.82, 2.24) is 8.61 Å². The van der Waals surface area contributed by atoms with Crippen molar-refractivity contribution in [2.75, 3.05) is 19.6 Å². The number of nitro groups is 2. The minimum Gasteiger partial charge on any atom is -0.258 e. The van der Waals surface area contributed by atoms with Gasteiger partial charge >= 0.3 is 0 Å². The van der Waals surface area contributed by atoms with Crippen molar-refractivity contribution in [3.05, 3.63) is 67.8 Å². The van der Waals surface area contributed by atoms with E-state index in [0.29, 0.717) is 0 Å². The summed E-state index contributed by atoms with van der Waals surface area (Å²) in [5.74, 6) is 0. The summed E-state index contributed by atoms with van der Waals surface area (Å²) in [6.45, 7) is 3.69. The first-order valence-corrected chi connectivity index (χ1v) is 12.7. The monoisotopic (exact) mass is 498 g/mol. The molecule has 3 rings (SSSR count). The standard InChI is InChI=1S/C19H22N4O8S2/c1-13-12-20(32(28,29)18-8-4-6-16(14(18)2)22(24)25)10-11-21(13)33(30,31)19-9-5-7-17(15(19)3)23(26)27/h4-9,13H,10-12H2,1-3H3. The second-order valence-electron chi connectivity index (χ2n) is 7.64. The fourth-order valence-corrected chi connectivity index (χ4v) is 7.52. The van der Waals surface area contributed by atoms with Crippen LogP contribution < -0.4 is 0 Å². The van der Waals surface area contributed by atoms with Crippen LogP contribution in [0.4, 0.5) is 11.4 Å². The highest BCUT2D eigenvalue weighted by Gasteiger charge is 2.40. The molecular weight excluding hydrogens is 476 g/mol. The Balaban J connectivity index is 1.92. The molecule has 1 fully saturated rings. The van der Waals surface area contributed by atoms with Crippen molar-refractivity contribution in [2.45, 2.75) is 36.6 Å². The molecule has 14 heteroatoms. The number of piperazine rings is 1. The number of hydrogen-bond donors (Lipinski definition) is 0. The summed E-state index contributed by atoms with van der Waals surface area (Å²) in [5.41, 5.74) is -0.660. The molecule has 0 N–H and O–H groups in total. The van der Waals surface area contributed by atoms with Gasteiger partial charge in [-0.3, -0.25) is 20.2 Å². The number of hydrogen-bond acceptors (Lipinski definition) is 8. The van der Waals surface area contributed by atoms with Crippen molar-refractivity contribution in [3.63, 3.8) is 0 Å². The summed E-state index contributed by atoms with van der Waals surface area (Å²) in [5, 5.41) is 22.4. The number of sulfonamides is 2.